The van der Waals surface area contributed by atoms with Crippen LogP contribution in [-0.4, -0.2) is 18.6 Å². The van der Waals surface area contributed by atoms with Gasteiger partial charge in [-0.05, 0) is 36.2 Å². The number of halogens is 1. The number of rotatable bonds is 5. The van der Waals surface area contributed by atoms with Crippen molar-refractivity contribution in [3.63, 3.8) is 0 Å². The molecule has 2 aromatic rings. The van der Waals surface area contributed by atoms with E-state index in [1.54, 1.807) is 18.5 Å². The first-order valence-corrected chi connectivity index (χ1v) is 6.30. The molecule has 0 atom stereocenters. The molecule has 0 amide bonds. The van der Waals surface area contributed by atoms with Crippen LogP contribution < -0.4 is 10.6 Å². The zero-order valence-corrected chi connectivity index (χ0v) is 11.0. The van der Waals surface area contributed by atoms with Crippen LogP contribution >= 0.6 is 0 Å². The molecule has 4 heteroatoms. The van der Waals surface area contributed by atoms with Crippen molar-refractivity contribution in [1.82, 2.24) is 4.98 Å². The number of nitrogens with zero attached hydrogens (tertiary/aromatic N) is 2. The predicted octanol–water partition coefficient (Wildman–Crippen LogP) is 2.36. The second-order valence-electron chi connectivity index (χ2n) is 4.47. The van der Waals surface area contributed by atoms with E-state index in [-0.39, 0.29) is 12.4 Å². The summed E-state index contributed by atoms with van der Waals surface area (Å²) in [5, 5.41) is 0. The van der Waals surface area contributed by atoms with Crippen LogP contribution in [0.5, 0.6) is 0 Å². The summed E-state index contributed by atoms with van der Waals surface area (Å²) in [4.78, 5) is 6.02. The van der Waals surface area contributed by atoms with Crippen LogP contribution in [0.2, 0.25) is 0 Å². The molecule has 1 aromatic carbocycles. The van der Waals surface area contributed by atoms with E-state index in [1.807, 2.05) is 30.1 Å². The fourth-order valence-corrected chi connectivity index (χ4v) is 2.07. The first-order chi connectivity index (χ1) is 9.22. The van der Waals surface area contributed by atoms with Crippen molar-refractivity contribution < 1.29 is 4.39 Å². The van der Waals surface area contributed by atoms with Gasteiger partial charge >= 0.3 is 0 Å². The average molecular weight is 259 g/mol. The summed E-state index contributed by atoms with van der Waals surface area (Å²) < 4.78 is 13.7. The molecule has 0 aliphatic carbocycles. The summed E-state index contributed by atoms with van der Waals surface area (Å²) in [6.45, 7) is 1.02. The Balaban J connectivity index is 2.08. The van der Waals surface area contributed by atoms with Gasteiger partial charge in [0, 0.05) is 43.8 Å². The van der Waals surface area contributed by atoms with E-state index >= 15 is 0 Å². The SMILES string of the molecule is CN(CCc1ccncc1)c1cccc(F)c1CN. The highest BCUT2D eigenvalue weighted by molar-refractivity contribution is 5.53. The van der Waals surface area contributed by atoms with Crippen LogP contribution in [0.25, 0.3) is 0 Å². The Hall–Kier alpha value is -1.94. The predicted molar refractivity (Wildman–Crippen MR) is 75.5 cm³/mol. The van der Waals surface area contributed by atoms with E-state index in [1.165, 1.54) is 11.6 Å². The largest absolute Gasteiger partial charge is 0.374 e. The second kappa shape index (κ2) is 6.29. The third kappa shape index (κ3) is 3.29. The van der Waals surface area contributed by atoms with Gasteiger partial charge in [0.2, 0.25) is 0 Å². The fraction of sp³-hybridized carbons (Fsp3) is 0.267. The molecular weight excluding hydrogens is 241 g/mol. The zero-order chi connectivity index (χ0) is 13.7. The molecule has 3 nitrogen and oxygen atoms in total. The maximum absolute atomic E-state index is 13.7. The molecule has 0 aliphatic rings. The van der Waals surface area contributed by atoms with Crippen LogP contribution in [0, 0.1) is 5.82 Å². The van der Waals surface area contributed by atoms with Crippen LogP contribution in [0.15, 0.2) is 42.7 Å². The van der Waals surface area contributed by atoms with Gasteiger partial charge in [0.15, 0.2) is 0 Å². The van der Waals surface area contributed by atoms with Gasteiger partial charge < -0.3 is 10.6 Å². The average Bonchev–Trinajstić information content (AvgIpc) is 2.45. The van der Waals surface area contributed by atoms with E-state index in [4.69, 9.17) is 5.73 Å². The summed E-state index contributed by atoms with van der Waals surface area (Å²) in [5.41, 5.74) is 8.26. The molecular formula is C15H18FN3. The van der Waals surface area contributed by atoms with Crippen LogP contribution in [0.1, 0.15) is 11.1 Å². The third-order valence-corrected chi connectivity index (χ3v) is 3.19. The summed E-state index contributed by atoms with van der Waals surface area (Å²) in [6.07, 6.45) is 4.45. The standard InChI is InChI=1S/C15H18FN3/c1-19(10-7-12-5-8-18-9-6-12)15-4-2-3-14(16)13(15)11-17/h2-6,8-9H,7,10-11,17H2,1H3. The highest BCUT2D eigenvalue weighted by Gasteiger charge is 2.10. The maximum atomic E-state index is 13.7. The molecule has 2 N–H and O–H groups in total. The molecule has 1 heterocycles. The maximum Gasteiger partial charge on any atom is 0.129 e. The number of hydrogen-bond acceptors (Lipinski definition) is 3. The highest BCUT2D eigenvalue weighted by Crippen LogP contribution is 2.22. The van der Waals surface area contributed by atoms with Gasteiger partial charge in [-0.15, -0.1) is 0 Å². The third-order valence-electron chi connectivity index (χ3n) is 3.19. The first-order valence-electron chi connectivity index (χ1n) is 6.30. The Morgan fingerprint density at radius 2 is 1.95 bits per heavy atom. The smallest absolute Gasteiger partial charge is 0.129 e. The monoisotopic (exact) mass is 259 g/mol. The number of benzene rings is 1. The molecule has 0 fully saturated rings. The van der Waals surface area contributed by atoms with Gasteiger partial charge in [-0.1, -0.05) is 6.07 Å². The van der Waals surface area contributed by atoms with Gasteiger partial charge in [0.1, 0.15) is 5.82 Å². The summed E-state index contributed by atoms with van der Waals surface area (Å²) >= 11 is 0. The minimum Gasteiger partial charge on any atom is -0.374 e. The molecule has 2 rings (SSSR count). The molecule has 0 aliphatic heterocycles. The van der Waals surface area contributed by atoms with E-state index in [0.29, 0.717) is 5.56 Å². The van der Waals surface area contributed by atoms with Gasteiger partial charge in [-0.25, -0.2) is 4.39 Å². The van der Waals surface area contributed by atoms with Crippen molar-refractivity contribution in [3.05, 3.63) is 59.7 Å². The Kier molecular flexibility index (Phi) is 4.47. The second-order valence-corrected chi connectivity index (χ2v) is 4.47. The summed E-state index contributed by atoms with van der Waals surface area (Å²) in [6, 6.07) is 9.04. The minimum atomic E-state index is -0.240. The van der Waals surface area contributed by atoms with Crippen LogP contribution in [0.3, 0.4) is 0 Å². The zero-order valence-electron chi connectivity index (χ0n) is 11.0. The normalized spacial score (nSPS) is 10.5. The van der Waals surface area contributed by atoms with Gasteiger partial charge in [-0.3, -0.25) is 4.98 Å². The fourth-order valence-electron chi connectivity index (χ4n) is 2.07. The van der Waals surface area contributed by atoms with Gasteiger partial charge in [-0.2, -0.15) is 0 Å². The van der Waals surface area contributed by atoms with E-state index < -0.39 is 0 Å². The molecule has 19 heavy (non-hydrogen) atoms. The lowest BCUT2D eigenvalue weighted by Gasteiger charge is -2.22. The first kappa shape index (κ1) is 13.5. The van der Waals surface area contributed by atoms with E-state index in [9.17, 15) is 4.39 Å². The van der Waals surface area contributed by atoms with Crippen molar-refractivity contribution in [3.8, 4) is 0 Å². The summed E-state index contributed by atoms with van der Waals surface area (Å²) in [7, 11) is 1.95. The molecule has 0 saturated heterocycles. The lowest BCUT2D eigenvalue weighted by molar-refractivity contribution is 0.609. The Morgan fingerprint density at radius 3 is 2.63 bits per heavy atom. The number of aromatic nitrogens is 1. The highest BCUT2D eigenvalue weighted by atomic mass is 19.1. The molecule has 0 saturated carbocycles. The molecule has 0 radical (unpaired) electrons. The van der Waals surface area contributed by atoms with Crippen molar-refractivity contribution in [1.29, 1.82) is 0 Å². The Bertz CT molecular complexity index is 528. The van der Waals surface area contributed by atoms with Gasteiger partial charge in [0.05, 0.1) is 0 Å². The van der Waals surface area contributed by atoms with Crippen molar-refractivity contribution >= 4 is 5.69 Å². The van der Waals surface area contributed by atoms with Crippen molar-refractivity contribution in [2.45, 2.75) is 13.0 Å². The molecule has 0 spiro atoms. The van der Waals surface area contributed by atoms with E-state index in [2.05, 4.69) is 4.98 Å². The van der Waals surface area contributed by atoms with Gasteiger partial charge in [0.25, 0.3) is 0 Å². The number of anilines is 1. The number of likely N-dealkylation sites (N-methyl/N-ethyl adjacent to an activating group) is 1. The molecule has 0 bridgehead atoms. The van der Waals surface area contributed by atoms with Crippen LogP contribution in [-0.2, 0) is 13.0 Å². The topological polar surface area (TPSA) is 42.2 Å². The minimum absolute atomic E-state index is 0.210. The molecule has 1 aromatic heterocycles. The number of hydrogen-bond donors (Lipinski definition) is 1. The summed E-state index contributed by atoms with van der Waals surface area (Å²) in [5.74, 6) is -0.240. The number of nitrogens with two attached hydrogens (primary N) is 1. The van der Waals surface area contributed by atoms with Crippen molar-refractivity contribution in [2.75, 3.05) is 18.5 Å². The van der Waals surface area contributed by atoms with Crippen LogP contribution in [0.4, 0.5) is 10.1 Å². The van der Waals surface area contributed by atoms with E-state index in [0.717, 1.165) is 18.7 Å². The lowest BCUT2D eigenvalue weighted by Crippen LogP contribution is -2.22. The Morgan fingerprint density at radius 1 is 1.21 bits per heavy atom. The molecule has 0 unspecified atom stereocenters. The number of pyridine rings is 1. The molecule has 100 valence electrons. The van der Waals surface area contributed by atoms with Crippen molar-refractivity contribution in [2.24, 2.45) is 5.73 Å². The lowest BCUT2D eigenvalue weighted by atomic mass is 10.1. The Labute approximate surface area is 112 Å². The quantitative estimate of drug-likeness (QED) is 0.896.